The first-order chi connectivity index (χ1) is 11.2. The minimum Gasteiger partial charge on any atom is -0.343 e. The Bertz CT molecular complexity index is 810. The lowest BCUT2D eigenvalue weighted by Gasteiger charge is -2.24. The van der Waals surface area contributed by atoms with E-state index in [1.807, 2.05) is 38.1 Å². The third-order valence-electron chi connectivity index (χ3n) is 4.11. The van der Waals surface area contributed by atoms with E-state index in [2.05, 4.69) is 15.5 Å². The van der Waals surface area contributed by atoms with Crippen molar-refractivity contribution in [3.05, 3.63) is 52.8 Å². The van der Waals surface area contributed by atoms with Gasteiger partial charge in [-0.15, -0.1) is 0 Å². The van der Waals surface area contributed by atoms with Gasteiger partial charge in [0.05, 0.1) is 11.3 Å². The normalized spacial score (nSPS) is 14.2. The van der Waals surface area contributed by atoms with Gasteiger partial charge < -0.3 is 5.32 Å². The first-order valence-corrected chi connectivity index (χ1v) is 9.78. The van der Waals surface area contributed by atoms with Crippen LogP contribution in [0.2, 0.25) is 0 Å². The van der Waals surface area contributed by atoms with Crippen molar-refractivity contribution >= 4 is 15.7 Å². The van der Waals surface area contributed by atoms with Crippen molar-refractivity contribution in [2.45, 2.75) is 38.5 Å². The number of aromatic amines is 1. The number of nitrogens with zero attached hydrogens (tertiary/aromatic N) is 1. The quantitative estimate of drug-likeness (QED) is 0.836. The SMILES string of the molecule is CCc1cc(C(=O)NC(c2ccc(C)cc2)C(C)S(C)(=O)=O)n[nH]1. The maximum absolute atomic E-state index is 12.5. The number of sulfone groups is 1. The van der Waals surface area contributed by atoms with Crippen LogP contribution in [0.4, 0.5) is 0 Å². The fraction of sp³-hybridized carbons (Fsp3) is 0.412. The Morgan fingerprint density at radius 3 is 2.42 bits per heavy atom. The standard InChI is InChI=1S/C17H23N3O3S/c1-5-14-10-15(20-19-14)17(21)18-16(12(3)24(4,22)23)13-8-6-11(2)7-9-13/h6-10,12,16H,5H2,1-4H3,(H,18,21)(H,19,20). The summed E-state index contributed by atoms with van der Waals surface area (Å²) in [6.07, 6.45) is 1.91. The lowest BCUT2D eigenvalue weighted by molar-refractivity contribution is 0.0931. The van der Waals surface area contributed by atoms with Crippen LogP contribution in [0.1, 0.15) is 47.2 Å². The Hall–Kier alpha value is -2.15. The average Bonchev–Trinajstić information content (AvgIpc) is 3.01. The molecule has 0 radical (unpaired) electrons. The number of carbonyl (C=O) groups is 1. The molecule has 1 amide bonds. The molecule has 130 valence electrons. The Balaban J connectivity index is 2.32. The van der Waals surface area contributed by atoms with Crippen molar-refractivity contribution in [2.75, 3.05) is 6.26 Å². The first kappa shape index (κ1) is 18.2. The summed E-state index contributed by atoms with van der Waals surface area (Å²) in [6, 6.07) is 8.50. The minimum atomic E-state index is -3.33. The molecule has 6 nitrogen and oxygen atoms in total. The van der Waals surface area contributed by atoms with E-state index in [-0.39, 0.29) is 5.69 Å². The number of amides is 1. The number of rotatable bonds is 6. The zero-order valence-electron chi connectivity index (χ0n) is 14.3. The largest absolute Gasteiger partial charge is 0.343 e. The highest BCUT2D eigenvalue weighted by molar-refractivity contribution is 7.91. The molecular formula is C17H23N3O3S. The molecule has 2 N–H and O–H groups in total. The van der Waals surface area contributed by atoms with E-state index in [1.165, 1.54) is 6.26 Å². The maximum Gasteiger partial charge on any atom is 0.272 e. The zero-order valence-corrected chi connectivity index (χ0v) is 15.1. The molecule has 0 aliphatic heterocycles. The molecule has 0 saturated heterocycles. The molecule has 7 heteroatoms. The maximum atomic E-state index is 12.5. The third-order valence-corrected chi connectivity index (χ3v) is 5.74. The van der Waals surface area contributed by atoms with Crippen molar-refractivity contribution in [3.8, 4) is 0 Å². The van der Waals surface area contributed by atoms with Gasteiger partial charge in [0.25, 0.3) is 5.91 Å². The first-order valence-electron chi connectivity index (χ1n) is 7.83. The summed E-state index contributed by atoms with van der Waals surface area (Å²) >= 11 is 0. The number of hydrogen-bond acceptors (Lipinski definition) is 4. The van der Waals surface area contributed by atoms with Gasteiger partial charge in [-0.25, -0.2) is 8.42 Å². The van der Waals surface area contributed by atoms with Gasteiger partial charge in [0, 0.05) is 11.9 Å². The predicted octanol–water partition coefficient (Wildman–Crippen LogP) is 2.18. The average molecular weight is 349 g/mol. The van der Waals surface area contributed by atoms with Crippen LogP contribution in [0, 0.1) is 6.92 Å². The molecule has 0 fully saturated rings. The summed E-state index contributed by atoms with van der Waals surface area (Å²) in [5.41, 5.74) is 2.92. The van der Waals surface area contributed by atoms with Gasteiger partial charge in [-0.1, -0.05) is 36.8 Å². The molecule has 24 heavy (non-hydrogen) atoms. The van der Waals surface area contributed by atoms with Crippen LogP contribution >= 0.6 is 0 Å². The Morgan fingerprint density at radius 1 is 1.29 bits per heavy atom. The van der Waals surface area contributed by atoms with E-state index >= 15 is 0 Å². The van der Waals surface area contributed by atoms with Crippen molar-refractivity contribution in [3.63, 3.8) is 0 Å². The molecule has 2 rings (SSSR count). The monoisotopic (exact) mass is 349 g/mol. The Labute approximate surface area is 142 Å². The van der Waals surface area contributed by atoms with Crippen molar-refractivity contribution in [1.29, 1.82) is 0 Å². The van der Waals surface area contributed by atoms with Gasteiger partial charge in [0.15, 0.2) is 9.84 Å². The van der Waals surface area contributed by atoms with Gasteiger partial charge >= 0.3 is 0 Å². The van der Waals surface area contributed by atoms with Crippen LogP contribution in [-0.4, -0.2) is 36.0 Å². The van der Waals surface area contributed by atoms with Crippen LogP contribution < -0.4 is 5.32 Å². The van der Waals surface area contributed by atoms with Crippen molar-refractivity contribution in [1.82, 2.24) is 15.5 Å². The molecule has 0 aliphatic carbocycles. The number of aromatic nitrogens is 2. The molecule has 0 spiro atoms. The smallest absolute Gasteiger partial charge is 0.272 e. The predicted molar refractivity (Wildman–Crippen MR) is 93.7 cm³/mol. The molecule has 1 heterocycles. The van der Waals surface area contributed by atoms with E-state index in [0.717, 1.165) is 23.2 Å². The minimum absolute atomic E-state index is 0.254. The zero-order chi connectivity index (χ0) is 17.9. The van der Waals surface area contributed by atoms with E-state index in [9.17, 15) is 13.2 Å². The fourth-order valence-electron chi connectivity index (χ4n) is 2.37. The summed E-state index contributed by atoms with van der Waals surface area (Å²) in [6.45, 7) is 5.51. The molecule has 0 saturated carbocycles. The fourth-order valence-corrected chi connectivity index (χ4v) is 3.09. The summed E-state index contributed by atoms with van der Waals surface area (Å²) in [4.78, 5) is 12.5. The van der Waals surface area contributed by atoms with Crippen LogP contribution in [-0.2, 0) is 16.3 Å². The Kier molecular flexibility index (Phi) is 5.43. The van der Waals surface area contributed by atoms with Gasteiger partial charge in [-0.05, 0) is 31.9 Å². The molecule has 0 aliphatic rings. The van der Waals surface area contributed by atoms with E-state index in [0.29, 0.717) is 0 Å². The lowest BCUT2D eigenvalue weighted by Crippen LogP contribution is -2.38. The molecule has 1 aromatic heterocycles. The highest BCUT2D eigenvalue weighted by Crippen LogP contribution is 2.23. The highest BCUT2D eigenvalue weighted by Gasteiger charge is 2.29. The summed E-state index contributed by atoms with van der Waals surface area (Å²) < 4.78 is 24.0. The van der Waals surface area contributed by atoms with Crippen LogP contribution in [0.5, 0.6) is 0 Å². The lowest BCUT2D eigenvalue weighted by atomic mass is 10.0. The molecule has 1 aromatic carbocycles. The number of H-pyrrole nitrogens is 1. The summed E-state index contributed by atoms with van der Waals surface area (Å²) in [5, 5.41) is 8.83. The number of aryl methyl sites for hydroxylation is 2. The second kappa shape index (κ2) is 7.17. The molecule has 2 unspecified atom stereocenters. The molecular weight excluding hydrogens is 326 g/mol. The van der Waals surface area contributed by atoms with Gasteiger partial charge in [-0.3, -0.25) is 9.89 Å². The summed E-state index contributed by atoms with van der Waals surface area (Å²) in [5.74, 6) is -0.396. The van der Waals surface area contributed by atoms with Gasteiger partial charge in [-0.2, -0.15) is 5.10 Å². The number of hydrogen-bond donors (Lipinski definition) is 2. The second-order valence-electron chi connectivity index (χ2n) is 6.03. The van der Waals surface area contributed by atoms with Crippen molar-refractivity contribution < 1.29 is 13.2 Å². The van der Waals surface area contributed by atoms with E-state index in [4.69, 9.17) is 0 Å². The third kappa shape index (κ3) is 4.23. The molecule has 0 bridgehead atoms. The number of benzene rings is 1. The summed E-state index contributed by atoms with van der Waals surface area (Å²) in [7, 11) is -3.33. The van der Waals surface area contributed by atoms with Crippen molar-refractivity contribution in [2.24, 2.45) is 0 Å². The number of nitrogens with one attached hydrogen (secondary N) is 2. The number of carbonyl (C=O) groups excluding carboxylic acids is 1. The van der Waals surface area contributed by atoms with Crippen LogP contribution in [0.15, 0.2) is 30.3 Å². The van der Waals surface area contributed by atoms with Gasteiger partial charge in [0.1, 0.15) is 5.69 Å². The van der Waals surface area contributed by atoms with E-state index in [1.54, 1.807) is 13.0 Å². The van der Waals surface area contributed by atoms with E-state index < -0.39 is 27.0 Å². The molecule has 2 aromatic rings. The highest BCUT2D eigenvalue weighted by atomic mass is 32.2. The van der Waals surface area contributed by atoms with Crippen LogP contribution in [0.3, 0.4) is 0 Å². The molecule has 2 atom stereocenters. The topological polar surface area (TPSA) is 91.9 Å². The van der Waals surface area contributed by atoms with Gasteiger partial charge in [0.2, 0.25) is 0 Å². The second-order valence-corrected chi connectivity index (χ2v) is 8.43. The Morgan fingerprint density at radius 2 is 1.92 bits per heavy atom. The van der Waals surface area contributed by atoms with Crippen LogP contribution in [0.25, 0.3) is 0 Å².